The summed E-state index contributed by atoms with van der Waals surface area (Å²) in [4.78, 5) is 26.1. The number of likely N-dealkylation sites (N-methyl/N-ethyl adjacent to an activating group) is 1. The van der Waals surface area contributed by atoms with Gasteiger partial charge < -0.3 is 24.4 Å². The van der Waals surface area contributed by atoms with Gasteiger partial charge in [0, 0.05) is 19.3 Å². The highest BCUT2D eigenvalue weighted by molar-refractivity contribution is 5.90. The number of ether oxygens (including phenoxy) is 3. The first kappa shape index (κ1) is 21.0. The van der Waals surface area contributed by atoms with Crippen molar-refractivity contribution in [1.82, 2.24) is 5.32 Å². The predicted octanol–water partition coefficient (Wildman–Crippen LogP) is 1.58. The number of hydrogen-bond acceptors (Lipinski definition) is 5. The third-order valence-corrected chi connectivity index (χ3v) is 7.23. The van der Waals surface area contributed by atoms with Gasteiger partial charge in [0.2, 0.25) is 19.0 Å². The number of nitrogens with one attached hydrogen (secondary N) is 2. The van der Waals surface area contributed by atoms with E-state index in [9.17, 15) is 9.59 Å². The van der Waals surface area contributed by atoms with Crippen LogP contribution in [0.25, 0.3) is 0 Å². The molecular formula is C23H33N2O5+. The predicted molar refractivity (Wildman–Crippen MR) is 111 cm³/mol. The van der Waals surface area contributed by atoms with Crippen LogP contribution in [0.2, 0.25) is 0 Å². The monoisotopic (exact) mass is 417 g/mol. The van der Waals surface area contributed by atoms with Gasteiger partial charge in [-0.15, -0.1) is 0 Å². The first-order valence-corrected chi connectivity index (χ1v) is 11.0. The van der Waals surface area contributed by atoms with Crippen molar-refractivity contribution in [3.8, 4) is 17.2 Å². The molecule has 7 heteroatoms. The summed E-state index contributed by atoms with van der Waals surface area (Å²) >= 11 is 0. The van der Waals surface area contributed by atoms with Crippen molar-refractivity contribution in [2.75, 3.05) is 27.5 Å². The van der Waals surface area contributed by atoms with Gasteiger partial charge in [0.15, 0.2) is 17.3 Å². The van der Waals surface area contributed by atoms with Crippen LogP contribution < -0.4 is 24.4 Å². The summed E-state index contributed by atoms with van der Waals surface area (Å²) in [7, 11) is 3.78. The fraction of sp³-hybridized carbons (Fsp3) is 0.652. The molecule has 3 atom stereocenters. The SMILES string of the molecule is COc1c2c(cc3c1[C@@H](C[C@@](C)(NC=O)C(=O)CC1CCCC1)[NH+](C)CC3)OCO2. The number of ketones is 1. The van der Waals surface area contributed by atoms with Crippen LogP contribution in [0.4, 0.5) is 0 Å². The average molecular weight is 418 g/mol. The van der Waals surface area contributed by atoms with Gasteiger partial charge in [-0.05, 0) is 24.5 Å². The van der Waals surface area contributed by atoms with E-state index in [1.54, 1.807) is 7.11 Å². The van der Waals surface area contributed by atoms with Crippen LogP contribution in [0.3, 0.4) is 0 Å². The van der Waals surface area contributed by atoms with E-state index in [2.05, 4.69) is 12.4 Å². The Bertz CT molecular complexity index is 820. The summed E-state index contributed by atoms with van der Waals surface area (Å²) in [6, 6.07) is 2.05. The Morgan fingerprint density at radius 2 is 2.13 bits per heavy atom. The van der Waals surface area contributed by atoms with E-state index in [1.165, 1.54) is 23.3 Å². The number of hydrogen-bond donors (Lipinski definition) is 2. The van der Waals surface area contributed by atoms with E-state index in [-0.39, 0.29) is 18.6 Å². The molecule has 0 radical (unpaired) electrons. The van der Waals surface area contributed by atoms with E-state index < -0.39 is 5.54 Å². The van der Waals surface area contributed by atoms with Crippen LogP contribution in [0.15, 0.2) is 6.07 Å². The van der Waals surface area contributed by atoms with Crippen molar-refractivity contribution in [2.45, 2.75) is 63.5 Å². The normalized spacial score (nSPS) is 24.8. The van der Waals surface area contributed by atoms with Gasteiger partial charge in [0.05, 0.1) is 26.3 Å². The standard InChI is InChI=1S/C23H32N2O5/c1-23(24-13-26,19(27)10-15-6-4-5-7-15)12-17-20-16(8-9-25(17)2)11-18-21(22(20)28-3)30-14-29-18/h11,13,15,17H,4-10,12,14H2,1-3H3,(H,24,26)/p+1/t17-,23-/m1/s1. The van der Waals surface area contributed by atoms with Crippen molar-refractivity contribution in [3.05, 3.63) is 17.2 Å². The maximum Gasteiger partial charge on any atom is 0.231 e. The zero-order valence-corrected chi connectivity index (χ0v) is 18.2. The van der Waals surface area contributed by atoms with Crippen LogP contribution in [0.1, 0.15) is 62.6 Å². The molecule has 2 aliphatic heterocycles. The number of carbonyl (C=O) groups excluding carboxylic acids is 2. The molecule has 1 unspecified atom stereocenters. The van der Waals surface area contributed by atoms with Crippen molar-refractivity contribution in [3.63, 3.8) is 0 Å². The fourth-order valence-electron chi connectivity index (χ4n) is 5.39. The van der Waals surface area contributed by atoms with Gasteiger partial charge in [-0.3, -0.25) is 9.59 Å². The lowest BCUT2D eigenvalue weighted by Crippen LogP contribution is -3.10. The van der Waals surface area contributed by atoms with E-state index in [1.807, 2.05) is 13.0 Å². The lowest BCUT2D eigenvalue weighted by molar-refractivity contribution is -0.915. The zero-order chi connectivity index (χ0) is 21.3. The Morgan fingerprint density at radius 3 is 2.83 bits per heavy atom. The summed E-state index contributed by atoms with van der Waals surface area (Å²) in [6.45, 7) is 3.00. The number of carbonyl (C=O) groups is 2. The van der Waals surface area contributed by atoms with Crippen molar-refractivity contribution in [2.24, 2.45) is 5.92 Å². The number of benzene rings is 1. The van der Waals surface area contributed by atoms with Crippen molar-refractivity contribution in [1.29, 1.82) is 0 Å². The van der Waals surface area contributed by atoms with Gasteiger partial charge >= 0.3 is 0 Å². The Kier molecular flexibility index (Phi) is 5.91. The quantitative estimate of drug-likeness (QED) is 0.628. The lowest BCUT2D eigenvalue weighted by atomic mass is 9.79. The number of rotatable bonds is 8. The number of methoxy groups -OCH3 is 1. The highest BCUT2D eigenvalue weighted by Crippen LogP contribution is 2.48. The Labute approximate surface area is 178 Å². The van der Waals surface area contributed by atoms with E-state index in [0.717, 1.165) is 37.1 Å². The Balaban J connectivity index is 1.67. The molecule has 0 aromatic heterocycles. The topological polar surface area (TPSA) is 78.3 Å². The number of Topliss-reactive ketones (excluding diaryl/α,β-unsaturated/α-hetero) is 1. The molecule has 1 amide bonds. The average Bonchev–Trinajstić information content (AvgIpc) is 3.40. The highest BCUT2D eigenvalue weighted by atomic mass is 16.7. The molecule has 3 aliphatic rings. The molecule has 1 fully saturated rings. The molecule has 2 N–H and O–H groups in total. The van der Waals surface area contributed by atoms with Gasteiger partial charge in [0.25, 0.3) is 0 Å². The third-order valence-electron chi connectivity index (χ3n) is 7.23. The lowest BCUT2D eigenvalue weighted by Gasteiger charge is -2.38. The Morgan fingerprint density at radius 1 is 1.37 bits per heavy atom. The van der Waals surface area contributed by atoms with Gasteiger partial charge in [-0.2, -0.15) is 0 Å². The minimum atomic E-state index is -0.910. The second-order valence-corrected chi connectivity index (χ2v) is 9.19. The first-order chi connectivity index (χ1) is 14.5. The van der Waals surface area contributed by atoms with Crippen molar-refractivity contribution >= 4 is 12.2 Å². The van der Waals surface area contributed by atoms with Gasteiger partial charge in [-0.25, -0.2) is 0 Å². The molecule has 2 heterocycles. The van der Waals surface area contributed by atoms with Crippen LogP contribution in [-0.2, 0) is 16.0 Å². The molecule has 1 aromatic carbocycles. The summed E-state index contributed by atoms with van der Waals surface area (Å²) in [5, 5.41) is 2.88. The summed E-state index contributed by atoms with van der Waals surface area (Å²) in [5.74, 6) is 2.62. The number of fused-ring (bicyclic) bond motifs is 2. The number of quaternary nitrogens is 1. The minimum absolute atomic E-state index is 0.00294. The molecule has 1 saturated carbocycles. The Hall–Kier alpha value is -2.28. The second kappa shape index (κ2) is 8.46. The summed E-state index contributed by atoms with van der Waals surface area (Å²) < 4.78 is 17.1. The largest absolute Gasteiger partial charge is 0.492 e. The zero-order valence-electron chi connectivity index (χ0n) is 18.2. The molecule has 1 aromatic rings. The summed E-state index contributed by atoms with van der Waals surface area (Å²) in [6.07, 6.45) is 7.24. The van der Waals surface area contributed by atoms with Crippen LogP contribution in [-0.4, -0.2) is 45.2 Å². The van der Waals surface area contributed by atoms with E-state index >= 15 is 0 Å². The van der Waals surface area contributed by atoms with E-state index in [0.29, 0.717) is 36.7 Å². The fourth-order valence-corrected chi connectivity index (χ4v) is 5.39. The smallest absolute Gasteiger partial charge is 0.231 e. The molecule has 7 nitrogen and oxygen atoms in total. The molecular weight excluding hydrogens is 384 g/mol. The molecule has 0 bridgehead atoms. The maximum atomic E-state index is 13.3. The first-order valence-electron chi connectivity index (χ1n) is 11.0. The summed E-state index contributed by atoms with van der Waals surface area (Å²) in [5.41, 5.74) is 1.33. The molecule has 164 valence electrons. The minimum Gasteiger partial charge on any atom is -0.492 e. The van der Waals surface area contributed by atoms with E-state index in [4.69, 9.17) is 14.2 Å². The van der Waals surface area contributed by atoms with Gasteiger partial charge in [-0.1, -0.05) is 25.7 Å². The third kappa shape index (κ3) is 3.75. The van der Waals surface area contributed by atoms with Crippen LogP contribution in [0.5, 0.6) is 17.2 Å². The number of amides is 1. The van der Waals surface area contributed by atoms with Crippen LogP contribution in [0, 0.1) is 5.92 Å². The molecule has 4 rings (SSSR count). The second-order valence-electron chi connectivity index (χ2n) is 9.19. The molecule has 30 heavy (non-hydrogen) atoms. The maximum absolute atomic E-state index is 13.3. The highest BCUT2D eigenvalue weighted by Gasteiger charge is 2.44. The van der Waals surface area contributed by atoms with Gasteiger partial charge in [0.1, 0.15) is 11.6 Å². The molecule has 0 spiro atoms. The molecule has 1 aliphatic carbocycles. The molecule has 0 saturated heterocycles. The van der Waals surface area contributed by atoms with Crippen molar-refractivity contribution < 1.29 is 28.7 Å². The van der Waals surface area contributed by atoms with Crippen LogP contribution >= 0.6 is 0 Å².